The molecule has 0 aliphatic carbocycles. The number of carbonyl (C=O) groups excluding carboxylic acids is 2. The molecular weight excluding hydrogens is 647 g/mol. The third kappa shape index (κ3) is 9.36. The standard InChI is InChI=1S/C30H30F3N5O8S/c1-20-9-11-22(12-10-20)26-19-27(30(31,32)33)34-37(26)24-13-15-25(16-14-24)47(42,43)35-29(40)44-18-17-36(3)38(41)46-21(2)45-28(39)23-7-5-4-6-8-23/h4-16,19,21,38H,17-18H2,1-3H3,(H,35,40). The molecule has 0 aliphatic heterocycles. The zero-order valence-electron chi connectivity index (χ0n) is 25.2. The second-order valence-corrected chi connectivity index (χ2v) is 11.8. The number of hydrogen-bond acceptors (Lipinski definition) is 10. The Morgan fingerprint density at radius 2 is 1.68 bits per heavy atom. The summed E-state index contributed by atoms with van der Waals surface area (Å²) in [5.41, 5.74) is 0.759. The molecule has 0 fully saturated rings. The number of sulfonamides is 1. The van der Waals surface area contributed by atoms with Gasteiger partial charge in [0.25, 0.3) is 16.3 Å². The van der Waals surface area contributed by atoms with E-state index in [0.29, 0.717) is 5.56 Å². The highest BCUT2D eigenvalue weighted by Gasteiger charge is 2.35. The number of halogens is 3. The van der Waals surface area contributed by atoms with Crippen LogP contribution in [0.5, 0.6) is 0 Å². The Morgan fingerprint density at radius 1 is 1.04 bits per heavy atom. The van der Waals surface area contributed by atoms with E-state index in [0.717, 1.165) is 33.5 Å². The van der Waals surface area contributed by atoms with Gasteiger partial charge < -0.3 is 14.7 Å². The van der Waals surface area contributed by atoms with Crippen molar-refractivity contribution >= 4 is 22.1 Å². The topological polar surface area (TPSA) is 157 Å². The molecule has 0 radical (unpaired) electrons. The Morgan fingerprint density at radius 3 is 2.30 bits per heavy atom. The maximum Gasteiger partial charge on any atom is 0.435 e. The van der Waals surface area contributed by atoms with E-state index in [1.807, 2.05) is 6.92 Å². The molecule has 0 saturated carbocycles. The summed E-state index contributed by atoms with van der Waals surface area (Å²) in [6, 6.07) is 20.4. The number of nitrogens with zero attached hydrogens (tertiary/aromatic N) is 3. The van der Waals surface area contributed by atoms with Crippen molar-refractivity contribution in [1.29, 1.82) is 0 Å². The highest BCUT2D eigenvalue weighted by molar-refractivity contribution is 7.90. The van der Waals surface area contributed by atoms with Gasteiger partial charge in [0.05, 0.1) is 28.4 Å². The molecule has 2 atom stereocenters. The fraction of sp³-hybridized carbons (Fsp3) is 0.233. The molecule has 1 heterocycles. The van der Waals surface area contributed by atoms with Gasteiger partial charge in [-0.2, -0.15) is 18.3 Å². The van der Waals surface area contributed by atoms with E-state index in [1.165, 1.54) is 38.2 Å². The van der Waals surface area contributed by atoms with Crippen molar-refractivity contribution in [2.75, 3.05) is 20.2 Å². The Labute approximate surface area is 267 Å². The summed E-state index contributed by atoms with van der Waals surface area (Å²) in [7, 11) is -3.13. The first-order valence-electron chi connectivity index (χ1n) is 13.9. The molecule has 47 heavy (non-hydrogen) atoms. The van der Waals surface area contributed by atoms with E-state index in [-0.39, 0.29) is 28.4 Å². The van der Waals surface area contributed by atoms with Crippen LogP contribution in [0.3, 0.4) is 0 Å². The van der Waals surface area contributed by atoms with E-state index in [4.69, 9.17) is 14.3 Å². The van der Waals surface area contributed by atoms with Crippen LogP contribution < -0.4 is 10.1 Å². The molecule has 2 unspecified atom stereocenters. The SMILES string of the molecule is Cc1ccc(-c2cc(C(F)(F)F)nn2-c2ccc(S(=O)(=O)NC(=O)OCCN(C)[NH+]([O-])OC(C)OC(=O)c3ccccc3)cc2)cc1. The zero-order valence-corrected chi connectivity index (χ0v) is 26.0. The Balaban J connectivity index is 1.32. The molecule has 1 aromatic heterocycles. The molecule has 1 amide bonds. The zero-order chi connectivity index (χ0) is 34.4. The Bertz CT molecular complexity index is 1780. The third-order valence-corrected chi connectivity index (χ3v) is 7.81. The number of aromatic nitrogens is 2. The second kappa shape index (κ2) is 14.7. The fourth-order valence-corrected chi connectivity index (χ4v) is 4.92. The quantitative estimate of drug-likeness (QED) is 0.129. The second-order valence-electron chi connectivity index (χ2n) is 10.1. The first kappa shape index (κ1) is 35.1. The molecule has 250 valence electrons. The molecule has 0 aliphatic rings. The van der Waals surface area contributed by atoms with Crippen molar-refractivity contribution in [2.24, 2.45) is 0 Å². The van der Waals surface area contributed by atoms with Crippen molar-refractivity contribution < 1.29 is 50.8 Å². The number of amides is 1. The van der Waals surface area contributed by atoms with Gasteiger partial charge in [-0.3, -0.25) is 0 Å². The van der Waals surface area contributed by atoms with Crippen LogP contribution in [0.2, 0.25) is 0 Å². The van der Waals surface area contributed by atoms with Crippen molar-refractivity contribution in [2.45, 2.75) is 31.2 Å². The number of benzene rings is 3. The first-order valence-corrected chi connectivity index (χ1v) is 15.3. The predicted molar refractivity (Wildman–Crippen MR) is 160 cm³/mol. The Hall–Kier alpha value is -4.81. The van der Waals surface area contributed by atoms with Gasteiger partial charge in [-0.1, -0.05) is 48.0 Å². The van der Waals surface area contributed by atoms with Gasteiger partial charge in [-0.25, -0.2) is 27.4 Å². The highest BCUT2D eigenvalue weighted by Crippen LogP contribution is 2.33. The summed E-state index contributed by atoms with van der Waals surface area (Å²) < 4.78 is 78.6. The van der Waals surface area contributed by atoms with Crippen LogP contribution in [0.1, 0.15) is 28.5 Å². The predicted octanol–water partition coefficient (Wildman–Crippen LogP) is 3.65. The van der Waals surface area contributed by atoms with E-state index in [9.17, 15) is 36.4 Å². The summed E-state index contributed by atoms with van der Waals surface area (Å²) >= 11 is 0. The number of nitrogens with one attached hydrogen (secondary N) is 2. The van der Waals surface area contributed by atoms with Crippen molar-refractivity contribution in [3.63, 3.8) is 0 Å². The van der Waals surface area contributed by atoms with Crippen LogP contribution in [0.4, 0.5) is 18.0 Å². The van der Waals surface area contributed by atoms with E-state index < -0.39 is 52.2 Å². The molecule has 4 rings (SSSR count). The number of likely N-dealkylation sites (N-methyl/N-ethyl adjacent to an activating group) is 1. The number of carbonyl (C=O) groups is 2. The number of rotatable bonds is 12. The van der Waals surface area contributed by atoms with E-state index >= 15 is 0 Å². The largest absolute Gasteiger partial charge is 0.579 e. The average molecular weight is 678 g/mol. The van der Waals surface area contributed by atoms with Gasteiger partial charge in [-0.05, 0) is 49.4 Å². The molecule has 0 saturated heterocycles. The number of quaternary nitrogens is 1. The number of alkyl halides is 3. The van der Waals surface area contributed by atoms with Gasteiger partial charge in [0.15, 0.2) is 5.69 Å². The molecule has 17 heteroatoms. The normalized spacial score (nSPS) is 13.2. The summed E-state index contributed by atoms with van der Waals surface area (Å²) in [6.07, 6.45) is -7.29. The monoisotopic (exact) mass is 677 g/mol. The molecule has 0 spiro atoms. The van der Waals surface area contributed by atoms with Crippen LogP contribution in [-0.2, 0) is 30.5 Å². The van der Waals surface area contributed by atoms with E-state index in [1.54, 1.807) is 47.2 Å². The van der Waals surface area contributed by atoms with Crippen molar-refractivity contribution in [3.8, 4) is 16.9 Å². The third-order valence-electron chi connectivity index (χ3n) is 6.48. The van der Waals surface area contributed by atoms with Gasteiger partial charge >= 0.3 is 18.2 Å². The Kier molecular flexibility index (Phi) is 11.0. The molecule has 4 aromatic rings. The minimum Gasteiger partial charge on any atom is -0.579 e. The molecule has 3 aromatic carbocycles. The van der Waals surface area contributed by atoms with Crippen molar-refractivity contribution in [1.82, 2.24) is 19.5 Å². The summed E-state index contributed by atoms with van der Waals surface area (Å²) in [5.74, 6) is -0.701. The molecule has 0 bridgehead atoms. The van der Waals surface area contributed by atoms with Gasteiger partial charge in [0.1, 0.15) is 6.61 Å². The lowest BCUT2D eigenvalue weighted by atomic mass is 10.1. The smallest absolute Gasteiger partial charge is 0.435 e. The van der Waals surface area contributed by atoms with Crippen LogP contribution >= 0.6 is 0 Å². The number of aryl methyl sites for hydroxylation is 1. The average Bonchev–Trinajstić information content (AvgIpc) is 3.48. The van der Waals surface area contributed by atoms with Crippen LogP contribution in [0.25, 0.3) is 16.9 Å². The maximum atomic E-state index is 13.5. The highest BCUT2D eigenvalue weighted by atomic mass is 32.2. The lowest BCUT2D eigenvalue weighted by Gasteiger charge is -2.29. The van der Waals surface area contributed by atoms with E-state index in [2.05, 4.69) is 5.10 Å². The summed E-state index contributed by atoms with van der Waals surface area (Å²) in [5, 5.41) is 16.0. The van der Waals surface area contributed by atoms with Gasteiger partial charge in [0.2, 0.25) is 0 Å². The number of esters is 1. The minimum atomic E-state index is -4.72. The number of hydrogen-bond donors (Lipinski definition) is 2. The van der Waals surface area contributed by atoms with Crippen LogP contribution in [-0.4, -0.2) is 61.8 Å². The maximum absolute atomic E-state index is 13.5. The van der Waals surface area contributed by atoms with Gasteiger partial charge in [-0.15, -0.1) is 15.2 Å². The first-order chi connectivity index (χ1) is 22.1. The molecule has 2 N–H and O–H groups in total. The lowest BCUT2D eigenvalue weighted by molar-refractivity contribution is -1.15. The fourth-order valence-electron chi connectivity index (χ4n) is 4.03. The summed E-state index contributed by atoms with van der Waals surface area (Å²) in [4.78, 5) is 28.9. The summed E-state index contributed by atoms with van der Waals surface area (Å²) in [6.45, 7) is 2.54. The minimum absolute atomic E-state index is 0.131. The molecule has 13 nitrogen and oxygen atoms in total. The van der Waals surface area contributed by atoms with Crippen LogP contribution in [0.15, 0.2) is 89.8 Å². The lowest BCUT2D eigenvalue weighted by Crippen LogP contribution is -3.13. The van der Waals surface area contributed by atoms with Crippen molar-refractivity contribution in [3.05, 3.63) is 107 Å². The number of ether oxygens (including phenoxy) is 2. The van der Waals surface area contributed by atoms with Gasteiger partial charge in [0, 0.05) is 19.5 Å². The molecular formula is C30H30F3N5O8S. The van der Waals surface area contributed by atoms with Crippen LogP contribution in [0, 0.1) is 12.1 Å².